The number of hydrogen-bond donors (Lipinski definition) is 1. The summed E-state index contributed by atoms with van der Waals surface area (Å²) in [4.78, 5) is 15.2. The molecule has 154 valence electrons. The first-order chi connectivity index (χ1) is 14.0. The molecule has 2 aromatic carbocycles. The highest BCUT2D eigenvalue weighted by atomic mass is 16.5. The van der Waals surface area contributed by atoms with E-state index < -0.39 is 0 Å². The fraction of sp³-hybridized carbons (Fsp3) is 0.400. The number of phenols is 1. The van der Waals surface area contributed by atoms with Gasteiger partial charge in [0, 0.05) is 6.54 Å². The second kappa shape index (κ2) is 9.75. The number of Topliss-reactive ketones (excluding diaryl/α,β-unsaturated/α-hetero) is 1. The van der Waals surface area contributed by atoms with E-state index in [1.54, 1.807) is 18.2 Å². The number of hydrogen-bond acceptors (Lipinski definition) is 4. The van der Waals surface area contributed by atoms with E-state index in [1.807, 2.05) is 31.2 Å². The fourth-order valence-corrected chi connectivity index (χ4v) is 3.62. The number of carbonyl (C=O) groups is 1. The molecule has 0 aromatic heterocycles. The van der Waals surface area contributed by atoms with Crippen LogP contribution in [0.25, 0.3) is 6.08 Å². The smallest absolute Gasteiger partial charge is 0.231 e. The van der Waals surface area contributed by atoms with Crippen molar-refractivity contribution in [3.63, 3.8) is 0 Å². The highest BCUT2D eigenvalue weighted by Gasteiger charge is 2.31. The van der Waals surface area contributed by atoms with Crippen LogP contribution in [0.2, 0.25) is 0 Å². The Bertz CT molecular complexity index is 893. The lowest BCUT2D eigenvalue weighted by molar-refractivity contribution is 0.101. The van der Waals surface area contributed by atoms with E-state index in [0.717, 1.165) is 49.9 Å². The molecule has 0 fully saturated rings. The van der Waals surface area contributed by atoms with Crippen LogP contribution in [0.1, 0.15) is 66.6 Å². The lowest BCUT2D eigenvalue weighted by atomic mass is 10.0. The number of carbonyl (C=O) groups excluding carboxylic acids is 1. The van der Waals surface area contributed by atoms with Crippen molar-refractivity contribution in [2.45, 2.75) is 53.0 Å². The summed E-state index contributed by atoms with van der Waals surface area (Å²) in [6, 6.07) is 11.2. The number of ether oxygens (including phenoxy) is 1. The van der Waals surface area contributed by atoms with Crippen molar-refractivity contribution in [1.82, 2.24) is 4.90 Å². The number of aromatic hydroxyl groups is 1. The zero-order valence-electron chi connectivity index (χ0n) is 17.7. The third-order valence-corrected chi connectivity index (χ3v) is 5.29. The molecule has 0 atom stereocenters. The molecular weight excluding hydrogens is 362 g/mol. The Kier molecular flexibility index (Phi) is 7.10. The monoisotopic (exact) mass is 393 g/mol. The van der Waals surface area contributed by atoms with Crippen LogP contribution < -0.4 is 4.74 Å². The van der Waals surface area contributed by atoms with Gasteiger partial charge in [0.25, 0.3) is 0 Å². The van der Waals surface area contributed by atoms with Crippen molar-refractivity contribution in [3.05, 3.63) is 64.4 Å². The first-order valence-electron chi connectivity index (χ1n) is 10.6. The molecule has 1 aliphatic rings. The van der Waals surface area contributed by atoms with Crippen molar-refractivity contribution < 1.29 is 14.6 Å². The maximum absolute atomic E-state index is 12.9. The predicted molar refractivity (Wildman–Crippen MR) is 117 cm³/mol. The van der Waals surface area contributed by atoms with E-state index in [4.69, 9.17) is 4.74 Å². The quantitative estimate of drug-likeness (QED) is 0.554. The maximum Gasteiger partial charge on any atom is 0.231 e. The number of benzene rings is 2. The minimum Gasteiger partial charge on any atom is -0.507 e. The van der Waals surface area contributed by atoms with Gasteiger partial charge in [0.05, 0.1) is 11.1 Å². The molecule has 0 unspecified atom stereocenters. The molecule has 1 N–H and O–H groups in total. The van der Waals surface area contributed by atoms with Gasteiger partial charge < -0.3 is 9.84 Å². The molecule has 1 heterocycles. The molecule has 0 aliphatic carbocycles. The number of phenolic OH excluding ortho intramolecular Hbond substituents is 1. The predicted octanol–water partition coefficient (Wildman–Crippen LogP) is 5.72. The first-order valence-corrected chi connectivity index (χ1v) is 10.6. The SMILES string of the molecule is CCCCN(CCCC)Cc1c(O)ccc2c1O/C(=C/c1cccc(C)c1)C2=O. The van der Waals surface area contributed by atoms with Crippen molar-refractivity contribution in [2.75, 3.05) is 13.1 Å². The van der Waals surface area contributed by atoms with Gasteiger partial charge in [-0.3, -0.25) is 9.69 Å². The van der Waals surface area contributed by atoms with Gasteiger partial charge in [-0.25, -0.2) is 0 Å². The third kappa shape index (κ3) is 5.07. The van der Waals surface area contributed by atoms with Crippen molar-refractivity contribution in [2.24, 2.45) is 0 Å². The van der Waals surface area contributed by atoms with Gasteiger partial charge in [-0.05, 0) is 56.6 Å². The molecule has 3 rings (SSSR count). The van der Waals surface area contributed by atoms with Crippen LogP contribution in [-0.4, -0.2) is 28.9 Å². The standard InChI is InChI=1S/C25H31NO3/c1-4-6-13-26(14-7-5-2)17-21-22(27)12-11-20-24(28)23(29-25(20)21)16-19-10-8-9-18(3)15-19/h8-12,15-16,27H,4-7,13-14,17H2,1-3H3/b23-16+. The summed E-state index contributed by atoms with van der Waals surface area (Å²) in [7, 11) is 0. The van der Waals surface area contributed by atoms with Crippen LogP contribution in [0.15, 0.2) is 42.2 Å². The van der Waals surface area contributed by atoms with Crippen LogP contribution >= 0.6 is 0 Å². The number of ketones is 1. The van der Waals surface area contributed by atoms with E-state index in [-0.39, 0.29) is 11.5 Å². The molecule has 0 saturated heterocycles. The lowest BCUT2D eigenvalue weighted by Gasteiger charge is -2.23. The van der Waals surface area contributed by atoms with Crippen LogP contribution in [0.3, 0.4) is 0 Å². The molecule has 0 radical (unpaired) electrons. The highest BCUT2D eigenvalue weighted by Crippen LogP contribution is 2.40. The minimum absolute atomic E-state index is 0.128. The molecule has 2 aromatic rings. The molecule has 0 spiro atoms. The van der Waals surface area contributed by atoms with Crippen LogP contribution in [-0.2, 0) is 6.54 Å². The van der Waals surface area contributed by atoms with Gasteiger partial charge in [-0.1, -0.05) is 56.5 Å². The molecule has 1 aliphatic heterocycles. The molecule has 0 bridgehead atoms. The number of rotatable bonds is 9. The average Bonchev–Trinajstić information content (AvgIpc) is 3.01. The lowest BCUT2D eigenvalue weighted by Crippen LogP contribution is -2.25. The Hall–Kier alpha value is -2.59. The van der Waals surface area contributed by atoms with Gasteiger partial charge in [0.2, 0.25) is 5.78 Å². The maximum atomic E-state index is 12.9. The van der Waals surface area contributed by atoms with Crippen LogP contribution in [0, 0.1) is 6.92 Å². The topological polar surface area (TPSA) is 49.8 Å². The highest BCUT2D eigenvalue weighted by molar-refractivity contribution is 6.15. The third-order valence-electron chi connectivity index (χ3n) is 5.29. The Morgan fingerprint density at radius 2 is 1.79 bits per heavy atom. The summed E-state index contributed by atoms with van der Waals surface area (Å²) in [5.74, 6) is 0.876. The first kappa shape index (κ1) is 21.1. The summed E-state index contributed by atoms with van der Waals surface area (Å²) < 4.78 is 6.01. The Balaban J connectivity index is 1.89. The van der Waals surface area contributed by atoms with E-state index in [0.29, 0.717) is 29.2 Å². The summed E-state index contributed by atoms with van der Waals surface area (Å²) in [5.41, 5.74) is 3.29. The molecule has 4 nitrogen and oxygen atoms in total. The largest absolute Gasteiger partial charge is 0.507 e. The zero-order chi connectivity index (χ0) is 20.8. The number of unbranched alkanes of at least 4 members (excludes halogenated alkanes) is 2. The molecule has 4 heteroatoms. The summed E-state index contributed by atoms with van der Waals surface area (Å²) in [6.45, 7) is 8.91. The Morgan fingerprint density at radius 3 is 2.45 bits per heavy atom. The van der Waals surface area contributed by atoms with Crippen LogP contribution in [0.4, 0.5) is 0 Å². The minimum atomic E-state index is -0.128. The summed E-state index contributed by atoms with van der Waals surface area (Å²) >= 11 is 0. The fourth-order valence-electron chi connectivity index (χ4n) is 3.62. The van der Waals surface area contributed by atoms with Gasteiger partial charge in [0.15, 0.2) is 5.76 Å². The second-order valence-electron chi connectivity index (χ2n) is 7.78. The molecule has 0 saturated carbocycles. The van der Waals surface area contributed by atoms with Crippen LogP contribution in [0.5, 0.6) is 11.5 Å². The van der Waals surface area contributed by atoms with Crippen molar-refractivity contribution in [1.29, 1.82) is 0 Å². The zero-order valence-corrected chi connectivity index (χ0v) is 17.7. The summed E-state index contributed by atoms with van der Waals surface area (Å²) in [5, 5.41) is 10.5. The Morgan fingerprint density at radius 1 is 1.07 bits per heavy atom. The van der Waals surface area contributed by atoms with Gasteiger partial charge in [0.1, 0.15) is 11.5 Å². The van der Waals surface area contributed by atoms with Gasteiger partial charge >= 0.3 is 0 Å². The van der Waals surface area contributed by atoms with Gasteiger partial charge in [-0.15, -0.1) is 0 Å². The molecule has 0 amide bonds. The Labute approximate surface area is 173 Å². The van der Waals surface area contributed by atoms with E-state index in [1.165, 1.54) is 0 Å². The van der Waals surface area contributed by atoms with Gasteiger partial charge in [-0.2, -0.15) is 0 Å². The number of fused-ring (bicyclic) bond motifs is 1. The van der Waals surface area contributed by atoms with Crippen molar-refractivity contribution >= 4 is 11.9 Å². The van der Waals surface area contributed by atoms with Crippen molar-refractivity contribution in [3.8, 4) is 11.5 Å². The second-order valence-corrected chi connectivity index (χ2v) is 7.78. The molecular formula is C25H31NO3. The number of allylic oxidation sites excluding steroid dienone is 1. The van der Waals surface area contributed by atoms with E-state index >= 15 is 0 Å². The summed E-state index contributed by atoms with van der Waals surface area (Å²) in [6.07, 6.45) is 6.25. The normalized spacial score (nSPS) is 14.5. The van der Waals surface area contributed by atoms with E-state index in [9.17, 15) is 9.90 Å². The average molecular weight is 394 g/mol. The van der Waals surface area contributed by atoms with E-state index in [2.05, 4.69) is 18.7 Å². The molecule has 29 heavy (non-hydrogen) atoms. The number of aryl methyl sites for hydroxylation is 1. The number of nitrogens with zero attached hydrogens (tertiary/aromatic N) is 1.